The number of methoxy groups -OCH3 is 3. The van der Waals surface area contributed by atoms with E-state index < -0.39 is 6.04 Å². The first-order valence-corrected chi connectivity index (χ1v) is 9.71. The van der Waals surface area contributed by atoms with Crippen LogP contribution in [-0.2, 0) is 9.53 Å². The Morgan fingerprint density at radius 3 is 2.17 bits per heavy atom. The van der Waals surface area contributed by atoms with Crippen molar-refractivity contribution in [3.8, 4) is 11.8 Å². The molecule has 1 atom stereocenters. The molecule has 1 aromatic heterocycles. The van der Waals surface area contributed by atoms with E-state index in [0.29, 0.717) is 43.5 Å². The Bertz CT molecular complexity index is 847. The Morgan fingerprint density at radius 1 is 1.03 bits per heavy atom. The largest absolute Gasteiger partial charge is 0.481 e. The molecule has 2 heterocycles. The van der Waals surface area contributed by atoms with Gasteiger partial charge in [0.05, 0.1) is 27.4 Å². The van der Waals surface area contributed by atoms with Gasteiger partial charge in [-0.05, 0) is 18.4 Å². The highest BCUT2D eigenvalue weighted by Gasteiger charge is 2.30. The van der Waals surface area contributed by atoms with Gasteiger partial charge in [0.2, 0.25) is 17.7 Å². The molecule has 2 aromatic rings. The smallest absolute Gasteiger partial charge is 0.409 e. The Balaban J connectivity index is 1.81. The second kappa shape index (κ2) is 9.91. The van der Waals surface area contributed by atoms with Crippen LogP contribution in [0.5, 0.6) is 11.8 Å². The standard InChI is InChI=1S/C21H26N4O5/c1-28-16-13-17(29-2)23-19(22-16)18(14-7-5-4-6-8-14)24-20(26)15-9-11-25(12-10-15)21(27)30-3/h4-8,13,15,18H,9-12H2,1-3H3,(H,24,26). The second-order valence-corrected chi connectivity index (χ2v) is 6.89. The van der Waals surface area contributed by atoms with E-state index in [1.165, 1.54) is 21.3 Å². The summed E-state index contributed by atoms with van der Waals surface area (Å²) in [6.45, 7) is 0.953. The average molecular weight is 414 g/mol. The number of amides is 2. The average Bonchev–Trinajstić information content (AvgIpc) is 2.82. The summed E-state index contributed by atoms with van der Waals surface area (Å²) in [6.07, 6.45) is 0.753. The number of nitrogens with one attached hydrogen (secondary N) is 1. The summed E-state index contributed by atoms with van der Waals surface area (Å²) < 4.78 is 15.3. The highest BCUT2D eigenvalue weighted by atomic mass is 16.5. The monoisotopic (exact) mass is 414 g/mol. The molecule has 160 valence electrons. The number of rotatable bonds is 6. The van der Waals surface area contributed by atoms with Gasteiger partial charge in [-0.1, -0.05) is 30.3 Å². The van der Waals surface area contributed by atoms with E-state index >= 15 is 0 Å². The molecule has 0 aliphatic carbocycles. The van der Waals surface area contributed by atoms with Gasteiger partial charge in [-0.3, -0.25) is 4.79 Å². The predicted molar refractivity (Wildman–Crippen MR) is 108 cm³/mol. The predicted octanol–water partition coefficient (Wildman–Crippen LogP) is 2.18. The summed E-state index contributed by atoms with van der Waals surface area (Å²) in [7, 11) is 4.38. The molecule has 1 fully saturated rings. The molecule has 9 nitrogen and oxygen atoms in total. The first-order valence-electron chi connectivity index (χ1n) is 9.71. The summed E-state index contributed by atoms with van der Waals surface area (Å²) in [6, 6.07) is 10.5. The molecule has 1 saturated heterocycles. The molecule has 3 rings (SSSR count). The quantitative estimate of drug-likeness (QED) is 0.773. The lowest BCUT2D eigenvalue weighted by atomic mass is 9.95. The van der Waals surface area contributed by atoms with Gasteiger partial charge in [-0.15, -0.1) is 0 Å². The number of nitrogens with zero attached hydrogens (tertiary/aromatic N) is 3. The minimum absolute atomic E-state index is 0.112. The van der Waals surface area contributed by atoms with Gasteiger partial charge in [0, 0.05) is 19.0 Å². The first-order chi connectivity index (χ1) is 14.5. The molecule has 1 unspecified atom stereocenters. The third kappa shape index (κ3) is 4.97. The Kier molecular flexibility index (Phi) is 7.05. The van der Waals surface area contributed by atoms with Gasteiger partial charge >= 0.3 is 6.09 Å². The molecule has 0 saturated carbocycles. The van der Waals surface area contributed by atoms with Crippen molar-refractivity contribution in [3.05, 3.63) is 47.8 Å². The molecule has 0 bridgehead atoms. The van der Waals surface area contributed by atoms with Crippen molar-refractivity contribution >= 4 is 12.0 Å². The van der Waals surface area contributed by atoms with Crippen LogP contribution in [-0.4, -0.2) is 61.3 Å². The molecule has 1 aliphatic rings. The normalized spacial score (nSPS) is 15.2. The van der Waals surface area contributed by atoms with Gasteiger partial charge in [0.1, 0.15) is 6.04 Å². The van der Waals surface area contributed by atoms with Crippen molar-refractivity contribution in [2.75, 3.05) is 34.4 Å². The molecular weight excluding hydrogens is 388 g/mol. The maximum Gasteiger partial charge on any atom is 0.409 e. The van der Waals surface area contributed by atoms with Crippen molar-refractivity contribution < 1.29 is 23.8 Å². The summed E-state index contributed by atoms with van der Waals surface area (Å²) in [5.41, 5.74) is 0.841. The van der Waals surface area contributed by atoms with Crippen molar-refractivity contribution in [2.45, 2.75) is 18.9 Å². The minimum Gasteiger partial charge on any atom is -0.481 e. The third-order valence-corrected chi connectivity index (χ3v) is 5.09. The van der Waals surface area contributed by atoms with E-state index in [4.69, 9.17) is 14.2 Å². The van der Waals surface area contributed by atoms with E-state index in [-0.39, 0.29) is 17.9 Å². The molecule has 30 heavy (non-hydrogen) atoms. The van der Waals surface area contributed by atoms with Crippen LogP contribution in [0.15, 0.2) is 36.4 Å². The Labute approximate surface area is 175 Å². The van der Waals surface area contributed by atoms with Crippen LogP contribution < -0.4 is 14.8 Å². The molecule has 0 radical (unpaired) electrons. The lowest BCUT2D eigenvalue weighted by molar-refractivity contribution is -0.126. The molecule has 1 N–H and O–H groups in total. The van der Waals surface area contributed by atoms with Crippen LogP contribution >= 0.6 is 0 Å². The van der Waals surface area contributed by atoms with E-state index in [2.05, 4.69) is 15.3 Å². The zero-order valence-corrected chi connectivity index (χ0v) is 17.3. The lowest BCUT2D eigenvalue weighted by Gasteiger charge is -2.31. The highest BCUT2D eigenvalue weighted by Crippen LogP contribution is 2.26. The number of hydrogen-bond acceptors (Lipinski definition) is 7. The first kappa shape index (κ1) is 21.4. The Hall–Kier alpha value is -3.36. The SMILES string of the molecule is COC(=O)N1CCC(C(=O)NC(c2ccccc2)c2nc(OC)cc(OC)n2)CC1. The maximum atomic E-state index is 13.0. The minimum atomic E-state index is -0.568. The van der Waals surface area contributed by atoms with Crippen molar-refractivity contribution in [2.24, 2.45) is 5.92 Å². The molecule has 1 aliphatic heterocycles. The van der Waals surface area contributed by atoms with Gasteiger partial charge in [0.15, 0.2) is 5.82 Å². The molecule has 9 heteroatoms. The number of carbonyl (C=O) groups is 2. The summed E-state index contributed by atoms with van der Waals surface area (Å²) in [5, 5.41) is 3.07. The fourth-order valence-electron chi connectivity index (χ4n) is 3.42. The van der Waals surface area contributed by atoms with Gasteiger partial charge in [0.25, 0.3) is 0 Å². The lowest BCUT2D eigenvalue weighted by Crippen LogP contribution is -2.44. The van der Waals surface area contributed by atoms with Crippen LogP contribution in [0.1, 0.15) is 30.3 Å². The van der Waals surface area contributed by atoms with Crippen LogP contribution in [0.25, 0.3) is 0 Å². The van der Waals surface area contributed by atoms with Crippen molar-refractivity contribution in [1.82, 2.24) is 20.2 Å². The van der Waals surface area contributed by atoms with Gasteiger partial charge < -0.3 is 24.4 Å². The second-order valence-electron chi connectivity index (χ2n) is 6.89. The van der Waals surface area contributed by atoms with Crippen LogP contribution in [0, 0.1) is 5.92 Å². The molecule has 2 amide bonds. The van der Waals surface area contributed by atoms with Crippen molar-refractivity contribution in [3.63, 3.8) is 0 Å². The maximum absolute atomic E-state index is 13.0. The molecule has 0 spiro atoms. The zero-order chi connectivity index (χ0) is 21.5. The fraction of sp³-hybridized carbons (Fsp3) is 0.429. The number of likely N-dealkylation sites (tertiary alicyclic amines) is 1. The summed E-state index contributed by atoms with van der Waals surface area (Å²) in [4.78, 5) is 35.2. The van der Waals surface area contributed by atoms with Crippen LogP contribution in [0.2, 0.25) is 0 Å². The number of aromatic nitrogens is 2. The molecule has 1 aromatic carbocycles. The summed E-state index contributed by atoms with van der Waals surface area (Å²) in [5.74, 6) is 0.734. The van der Waals surface area contributed by atoms with Crippen LogP contribution in [0.4, 0.5) is 4.79 Å². The van der Waals surface area contributed by atoms with E-state index in [0.717, 1.165) is 5.56 Å². The molecular formula is C21H26N4O5. The van der Waals surface area contributed by atoms with Gasteiger partial charge in [-0.25, -0.2) is 4.79 Å². The zero-order valence-electron chi connectivity index (χ0n) is 17.3. The van der Waals surface area contributed by atoms with Crippen molar-refractivity contribution in [1.29, 1.82) is 0 Å². The highest BCUT2D eigenvalue weighted by molar-refractivity contribution is 5.80. The summed E-state index contributed by atoms with van der Waals surface area (Å²) >= 11 is 0. The number of benzene rings is 1. The number of hydrogen-bond donors (Lipinski definition) is 1. The van der Waals surface area contributed by atoms with E-state index in [1.54, 1.807) is 11.0 Å². The fourth-order valence-corrected chi connectivity index (χ4v) is 3.42. The Morgan fingerprint density at radius 2 is 1.63 bits per heavy atom. The topological polar surface area (TPSA) is 103 Å². The van der Waals surface area contributed by atoms with E-state index in [1.807, 2.05) is 30.3 Å². The van der Waals surface area contributed by atoms with Gasteiger partial charge in [-0.2, -0.15) is 9.97 Å². The van der Waals surface area contributed by atoms with E-state index in [9.17, 15) is 9.59 Å². The number of ether oxygens (including phenoxy) is 3. The number of carbonyl (C=O) groups excluding carboxylic acids is 2. The third-order valence-electron chi connectivity index (χ3n) is 5.09. The van der Waals surface area contributed by atoms with Crippen LogP contribution in [0.3, 0.4) is 0 Å². The number of piperidine rings is 1.